The molecule has 12 heavy (non-hydrogen) atoms. The van der Waals surface area contributed by atoms with Crippen molar-refractivity contribution >= 4 is 6.01 Å². The molecular weight excluding hydrogens is 158 g/mol. The molecule has 0 aliphatic rings. The number of aromatic nitrogens is 2. The molecule has 0 fully saturated rings. The summed E-state index contributed by atoms with van der Waals surface area (Å²) in [4.78, 5) is 3.95. The van der Waals surface area contributed by atoms with Gasteiger partial charge in [0.1, 0.15) is 0 Å². The van der Waals surface area contributed by atoms with E-state index in [1.54, 1.807) is 6.92 Å². The molecule has 0 aliphatic heterocycles. The number of anilines is 1. The van der Waals surface area contributed by atoms with Gasteiger partial charge in [0.2, 0.25) is 0 Å². The van der Waals surface area contributed by atoms with Gasteiger partial charge in [0.05, 0.1) is 0 Å². The van der Waals surface area contributed by atoms with Crippen LogP contribution in [0.3, 0.4) is 0 Å². The highest BCUT2D eigenvalue weighted by molar-refractivity contribution is 5.17. The van der Waals surface area contributed by atoms with E-state index in [-0.39, 0.29) is 12.5 Å². The summed E-state index contributed by atoms with van der Waals surface area (Å²) < 4.78 is 4.81. The molecule has 0 aromatic carbocycles. The lowest BCUT2D eigenvalue weighted by Gasteiger charge is -2.05. The largest absolute Gasteiger partial charge is 0.396 e. The minimum absolute atomic E-state index is 0.153. The quantitative estimate of drug-likeness (QED) is 0.687. The SMILES string of the molecule is Cc1noc(NCC(C)CO)n1. The first-order valence-electron chi connectivity index (χ1n) is 3.87. The summed E-state index contributed by atoms with van der Waals surface area (Å²) in [5.74, 6) is 0.798. The van der Waals surface area contributed by atoms with Crippen LogP contribution in [0.1, 0.15) is 12.7 Å². The van der Waals surface area contributed by atoms with Gasteiger partial charge >= 0.3 is 6.01 Å². The molecule has 0 aliphatic carbocycles. The van der Waals surface area contributed by atoms with Crippen molar-refractivity contribution < 1.29 is 9.63 Å². The molecule has 0 spiro atoms. The Balaban J connectivity index is 2.33. The van der Waals surface area contributed by atoms with E-state index in [0.717, 1.165) is 0 Å². The molecule has 0 saturated heterocycles. The van der Waals surface area contributed by atoms with Crippen LogP contribution in [-0.4, -0.2) is 28.4 Å². The third-order valence-corrected chi connectivity index (χ3v) is 1.44. The summed E-state index contributed by atoms with van der Waals surface area (Å²) in [6.07, 6.45) is 0. The highest BCUT2D eigenvalue weighted by atomic mass is 16.5. The van der Waals surface area contributed by atoms with Crippen LogP contribution in [0.4, 0.5) is 6.01 Å². The Morgan fingerprint density at radius 1 is 1.67 bits per heavy atom. The minimum atomic E-state index is 0.153. The lowest BCUT2D eigenvalue weighted by Crippen LogP contribution is -2.14. The smallest absolute Gasteiger partial charge is 0.321 e. The standard InChI is InChI=1S/C7H13N3O2/c1-5(4-11)3-8-7-9-6(2)10-12-7/h5,11H,3-4H2,1-2H3,(H,8,9,10). The first-order valence-corrected chi connectivity index (χ1v) is 3.87. The summed E-state index contributed by atoms with van der Waals surface area (Å²) in [6.45, 7) is 4.47. The molecular formula is C7H13N3O2. The highest BCUT2D eigenvalue weighted by Gasteiger charge is 2.03. The fourth-order valence-corrected chi connectivity index (χ4v) is 0.695. The van der Waals surface area contributed by atoms with Gasteiger partial charge in [-0.2, -0.15) is 4.98 Å². The maximum absolute atomic E-state index is 8.71. The average Bonchev–Trinajstić information content (AvgIpc) is 2.47. The topological polar surface area (TPSA) is 71.2 Å². The fraction of sp³-hybridized carbons (Fsp3) is 0.714. The van der Waals surface area contributed by atoms with Crippen molar-refractivity contribution in [1.29, 1.82) is 0 Å². The predicted octanol–water partition coefficient (Wildman–Crippen LogP) is 0.418. The summed E-state index contributed by atoms with van der Waals surface area (Å²) in [5, 5.41) is 15.2. The van der Waals surface area contributed by atoms with Gasteiger partial charge < -0.3 is 14.9 Å². The van der Waals surface area contributed by atoms with Crippen LogP contribution in [0.5, 0.6) is 0 Å². The van der Waals surface area contributed by atoms with Crippen LogP contribution in [0.15, 0.2) is 4.52 Å². The van der Waals surface area contributed by atoms with Gasteiger partial charge in [-0.25, -0.2) is 0 Å². The van der Waals surface area contributed by atoms with E-state index in [9.17, 15) is 0 Å². The Morgan fingerprint density at radius 3 is 2.92 bits per heavy atom. The molecule has 1 atom stereocenters. The number of rotatable bonds is 4. The summed E-state index contributed by atoms with van der Waals surface area (Å²) in [5.41, 5.74) is 0. The number of aliphatic hydroxyl groups is 1. The highest BCUT2D eigenvalue weighted by Crippen LogP contribution is 2.03. The van der Waals surface area contributed by atoms with Gasteiger partial charge in [-0.05, 0) is 12.8 Å². The van der Waals surface area contributed by atoms with Crippen molar-refractivity contribution in [2.45, 2.75) is 13.8 Å². The van der Waals surface area contributed by atoms with Crippen LogP contribution in [-0.2, 0) is 0 Å². The molecule has 0 amide bonds. The predicted molar refractivity (Wildman–Crippen MR) is 43.8 cm³/mol. The second-order valence-corrected chi connectivity index (χ2v) is 2.82. The molecule has 2 N–H and O–H groups in total. The number of aliphatic hydroxyl groups excluding tert-OH is 1. The Bertz CT molecular complexity index is 236. The molecule has 0 bridgehead atoms. The van der Waals surface area contributed by atoms with Crippen molar-refractivity contribution in [1.82, 2.24) is 10.1 Å². The maximum atomic E-state index is 8.71. The molecule has 1 rings (SSSR count). The van der Waals surface area contributed by atoms with Crippen LogP contribution in [0, 0.1) is 12.8 Å². The Labute approximate surface area is 70.8 Å². The van der Waals surface area contributed by atoms with Crippen LogP contribution < -0.4 is 5.32 Å². The van der Waals surface area contributed by atoms with Crippen LogP contribution in [0.2, 0.25) is 0 Å². The second-order valence-electron chi connectivity index (χ2n) is 2.82. The van der Waals surface area contributed by atoms with Gasteiger partial charge in [-0.3, -0.25) is 0 Å². The molecule has 5 nitrogen and oxygen atoms in total. The Hall–Kier alpha value is -1.10. The molecule has 1 unspecified atom stereocenters. The lowest BCUT2D eigenvalue weighted by molar-refractivity contribution is 0.243. The second kappa shape index (κ2) is 4.06. The van der Waals surface area contributed by atoms with Crippen LogP contribution >= 0.6 is 0 Å². The van der Waals surface area contributed by atoms with E-state index in [0.29, 0.717) is 18.4 Å². The van der Waals surface area contributed by atoms with Crippen molar-refractivity contribution in [2.75, 3.05) is 18.5 Å². The van der Waals surface area contributed by atoms with Gasteiger partial charge in [0.25, 0.3) is 0 Å². The molecule has 1 aromatic heterocycles. The molecule has 68 valence electrons. The van der Waals surface area contributed by atoms with Crippen molar-refractivity contribution in [3.05, 3.63) is 5.82 Å². The average molecular weight is 171 g/mol. The monoisotopic (exact) mass is 171 g/mol. The zero-order valence-electron chi connectivity index (χ0n) is 7.24. The van der Waals surface area contributed by atoms with Crippen molar-refractivity contribution in [3.63, 3.8) is 0 Å². The zero-order chi connectivity index (χ0) is 8.97. The summed E-state index contributed by atoms with van der Waals surface area (Å²) in [6, 6.07) is 0.410. The molecule has 0 radical (unpaired) electrons. The van der Waals surface area contributed by atoms with Crippen molar-refractivity contribution in [2.24, 2.45) is 5.92 Å². The Kier molecular flexibility index (Phi) is 3.04. The van der Waals surface area contributed by atoms with E-state index in [4.69, 9.17) is 9.63 Å². The number of nitrogens with one attached hydrogen (secondary N) is 1. The lowest BCUT2D eigenvalue weighted by atomic mass is 10.2. The fourth-order valence-electron chi connectivity index (χ4n) is 0.695. The van der Waals surface area contributed by atoms with Gasteiger partial charge in [0.15, 0.2) is 5.82 Å². The van der Waals surface area contributed by atoms with Gasteiger partial charge in [-0.15, -0.1) is 0 Å². The summed E-state index contributed by atoms with van der Waals surface area (Å²) >= 11 is 0. The first kappa shape index (κ1) is 8.99. The number of hydrogen-bond acceptors (Lipinski definition) is 5. The zero-order valence-corrected chi connectivity index (χ0v) is 7.24. The summed E-state index contributed by atoms with van der Waals surface area (Å²) in [7, 11) is 0. The number of hydrogen-bond donors (Lipinski definition) is 2. The van der Waals surface area contributed by atoms with Gasteiger partial charge in [0, 0.05) is 13.2 Å². The third-order valence-electron chi connectivity index (χ3n) is 1.44. The third kappa shape index (κ3) is 2.50. The first-order chi connectivity index (χ1) is 5.72. The number of aryl methyl sites for hydroxylation is 1. The van der Waals surface area contributed by atoms with Gasteiger partial charge in [-0.1, -0.05) is 12.1 Å². The van der Waals surface area contributed by atoms with E-state index in [1.807, 2.05) is 6.92 Å². The van der Waals surface area contributed by atoms with E-state index in [1.165, 1.54) is 0 Å². The number of nitrogens with zero attached hydrogens (tertiary/aromatic N) is 2. The normalized spacial score (nSPS) is 12.9. The van der Waals surface area contributed by atoms with E-state index >= 15 is 0 Å². The minimum Gasteiger partial charge on any atom is -0.396 e. The van der Waals surface area contributed by atoms with Crippen LogP contribution in [0.25, 0.3) is 0 Å². The van der Waals surface area contributed by atoms with E-state index in [2.05, 4.69) is 15.5 Å². The molecule has 1 aromatic rings. The molecule has 1 heterocycles. The van der Waals surface area contributed by atoms with Crippen molar-refractivity contribution in [3.8, 4) is 0 Å². The molecule has 5 heteroatoms. The van der Waals surface area contributed by atoms with E-state index < -0.39 is 0 Å². The maximum Gasteiger partial charge on any atom is 0.321 e. The Morgan fingerprint density at radius 2 is 2.42 bits per heavy atom. The molecule has 0 saturated carbocycles.